The van der Waals surface area contributed by atoms with Gasteiger partial charge in [0.15, 0.2) is 0 Å². The molecule has 0 spiro atoms. The van der Waals surface area contributed by atoms with Crippen LogP contribution in [-0.2, 0) is 0 Å². The van der Waals surface area contributed by atoms with E-state index in [0.717, 1.165) is 0 Å². The molecule has 5 nitrogen and oxygen atoms in total. The second-order valence-electron chi connectivity index (χ2n) is 3.70. The number of nitro benzene ring substituents is 1. The summed E-state index contributed by atoms with van der Waals surface area (Å²) in [6, 6.07) is 6.26. The molecule has 1 heterocycles. The molecule has 0 saturated carbocycles. The summed E-state index contributed by atoms with van der Waals surface area (Å²) in [4.78, 5) is 14.4. The van der Waals surface area contributed by atoms with Crippen LogP contribution >= 0.6 is 27.5 Å². The maximum absolute atomic E-state index is 10.8. The van der Waals surface area contributed by atoms with Crippen molar-refractivity contribution >= 4 is 33.2 Å². The third kappa shape index (κ3) is 3.02. The van der Waals surface area contributed by atoms with E-state index in [4.69, 9.17) is 16.3 Å². The topological polar surface area (TPSA) is 65.3 Å². The largest absolute Gasteiger partial charge is 0.437 e. The van der Waals surface area contributed by atoms with Crippen LogP contribution in [-0.4, -0.2) is 9.91 Å². The average Bonchev–Trinajstić information content (AvgIpc) is 2.34. The zero-order chi connectivity index (χ0) is 14.0. The van der Waals surface area contributed by atoms with E-state index in [-0.39, 0.29) is 5.69 Å². The van der Waals surface area contributed by atoms with Crippen molar-refractivity contribution in [1.29, 1.82) is 0 Å². The predicted molar refractivity (Wildman–Crippen MR) is 74.9 cm³/mol. The normalized spacial score (nSPS) is 10.3. The molecule has 0 radical (unpaired) electrons. The Bertz CT molecular complexity index is 649. The van der Waals surface area contributed by atoms with Crippen molar-refractivity contribution < 1.29 is 9.66 Å². The van der Waals surface area contributed by atoms with Gasteiger partial charge in [-0.1, -0.05) is 17.7 Å². The van der Waals surface area contributed by atoms with Gasteiger partial charge in [0.25, 0.3) is 5.69 Å². The summed E-state index contributed by atoms with van der Waals surface area (Å²) in [5.74, 6) is 0.678. The lowest BCUT2D eigenvalue weighted by molar-refractivity contribution is -0.385. The van der Waals surface area contributed by atoms with Crippen LogP contribution in [0.1, 0.15) is 5.56 Å². The van der Waals surface area contributed by atoms with Crippen LogP contribution in [0.25, 0.3) is 0 Å². The van der Waals surface area contributed by atoms with Crippen molar-refractivity contribution in [3.63, 3.8) is 0 Å². The molecule has 98 valence electrons. The number of halogens is 2. The molecule has 0 aliphatic heterocycles. The molecule has 0 N–H and O–H groups in total. The first-order chi connectivity index (χ1) is 8.99. The molecule has 0 bridgehead atoms. The summed E-state index contributed by atoms with van der Waals surface area (Å²) in [6.07, 6.45) is 1.44. The predicted octanol–water partition coefficient (Wildman–Crippen LogP) is 4.51. The monoisotopic (exact) mass is 342 g/mol. The molecule has 19 heavy (non-hydrogen) atoms. The van der Waals surface area contributed by atoms with Gasteiger partial charge >= 0.3 is 0 Å². The van der Waals surface area contributed by atoms with E-state index in [2.05, 4.69) is 20.9 Å². The molecule has 0 amide bonds. The van der Waals surface area contributed by atoms with Gasteiger partial charge in [0.1, 0.15) is 5.75 Å². The molecule has 1 aromatic heterocycles. The Hall–Kier alpha value is -1.66. The summed E-state index contributed by atoms with van der Waals surface area (Å²) < 4.78 is 6.14. The molecule has 0 atom stereocenters. The van der Waals surface area contributed by atoms with Gasteiger partial charge in [-0.2, -0.15) is 0 Å². The Balaban J connectivity index is 2.38. The van der Waals surface area contributed by atoms with Crippen LogP contribution in [0.3, 0.4) is 0 Å². The van der Waals surface area contributed by atoms with Crippen LogP contribution in [0.5, 0.6) is 11.6 Å². The Kier molecular flexibility index (Phi) is 4.01. The molecule has 2 rings (SSSR count). The summed E-state index contributed by atoms with van der Waals surface area (Å²) >= 11 is 9.05. The van der Waals surface area contributed by atoms with Crippen molar-refractivity contribution in [2.24, 2.45) is 0 Å². The minimum absolute atomic E-state index is 0.00239. The minimum Gasteiger partial charge on any atom is -0.437 e. The lowest BCUT2D eigenvalue weighted by Gasteiger charge is -2.09. The van der Waals surface area contributed by atoms with Crippen LogP contribution in [0.15, 0.2) is 34.9 Å². The van der Waals surface area contributed by atoms with Gasteiger partial charge < -0.3 is 4.74 Å². The Morgan fingerprint density at radius 2 is 2.21 bits per heavy atom. The number of nitro groups is 1. The fourth-order valence-corrected chi connectivity index (χ4v) is 2.21. The second-order valence-corrected chi connectivity index (χ2v) is 4.99. The first-order valence-electron chi connectivity index (χ1n) is 5.22. The molecular formula is C12H8BrClN2O3. The quantitative estimate of drug-likeness (QED) is 0.607. The molecule has 1 aromatic carbocycles. The van der Waals surface area contributed by atoms with E-state index >= 15 is 0 Å². The van der Waals surface area contributed by atoms with Gasteiger partial charge in [-0.3, -0.25) is 10.1 Å². The molecule has 0 fully saturated rings. The number of pyridine rings is 1. The van der Waals surface area contributed by atoms with E-state index < -0.39 is 4.92 Å². The van der Waals surface area contributed by atoms with E-state index in [0.29, 0.717) is 26.7 Å². The Morgan fingerprint density at radius 1 is 1.47 bits per heavy atom. The second kappa shape index (κ2) is 5.54. The van der Waals surface area contributed by atoms with Gasteiger partial charge in [-0.25, -0.2) is 4.98 Å². The molecule has 2 aromatic rings. The van der Waals surface area contributed by atoms with Gasteiger partial charge in [0, 0.05) is 12.3 Å². The minimum atomic E-state index is -0.452. The van der Waals surface area contributed by atoms with Gasteiger partial charge in [-0.15, -0.1) is 0 Å². The zero-order valence-electron chi connectivity index (χ0n) is 9.76. The number of hydrogen-bond donors (Lipinski definition) is 0. The standard InChI is InChI=1S/C12H8BrClN2O3/c1-7-10(16(17)18)3-2-4-11(7)19-12-9(13)5-8(14)6-15-12/h2-6H,1H3. The van der Waals surface area contributed by atoms with Crippen molar-refractivity contribution in [2.45, 2.75) is 6.92 Å². The summed E-state index contributed by atoms with van der Waals surface area (Å²) in [5.41, 5.74) is 0.443. The smallest absolute Gasteiger partial charge is 0.276 e. The Labute approximate surface area is 122 Å². The number of aromatic nitrogens is 1. The van der Waals surface area contributed by atoms with Crippen molar-refractivity contribution in [1.82, 2.24) is 4.98 Å². The van der Waals surface area contributed by atoms with E-state index in [9.17, 15) is 10.1 Å². The third-order valence-electron chi connectivity index (χ3n) is 2.43. The number of hydrogen-bond acceptors (Lipinski definition) is 4. The van der Waals surface area contributed by atoms with Gasteiger partial charge in [0.05, 0.1) is 20.0 Å². The van der Waals surface area contributed by atoms with E-state index in [1.54, 1.807) is 25.1 Å². The molecule has 7 heteroatoms. The molecule has 0 aliphatic carbocycles. The molecule has 0 aliphatic rings. The number of benzene rings is 1. The number of rotatable bonds is 3. The maximum Gasteiger partial charge on any atom is 0.276 e. The zero-order valence-corrected chi connectivity index (χ0v) is 12.1. The Morgan fingerprint density at radius 3 is 2.84 bits per heavy atom. The van der Waals surface area contributed by atoms with Gasteiger partial charge in [0.2, 0.25) is 5.88 Å². The highest BCUT2D eigenvalue weighted by Crippen LogP contribution is 2.33. The summed E-state index contributed by atoms with van der Waals surface area (Å²) in [6.45, 7) is 1.62. The highest BCUT2D eigenvalue weighted by Gasteiger charge is 2.15. The van der Waals surface area contributed by atoms with E-state index in [1.807, 2.05) is 0 Å². The fourth-order valence-electron chi connectivity index (χ4n) is 1.49. The van der Waals surface area contributed by atoms with Crippen LogP contribution < -0.4 is 4.74 Å². The molecule has 0 saturated heterocycles. The lowest BCUT2D eigenvalue weighted by atomic mass is 10.2. The van der Waals surface area contributed by atoms with Crippen LogP contribution in [0.2, 0.25) is 5.02 Å². The summed E-state index contributed by atoms with van der Waals surface area (Å²) in [7, 11) is 0. The lowest BCUT2D eigenvalue weighted by Crippen LogP contribution is -1.96. The fraction of sp³-hybridized carbons (Fsp3) is 0.0833. The van der Waals surface area contributed by atoms with Crippen molar-refractivity contribution in [2.75, 3.05) is 0 Å². The van der Waals surface area contributed by atoms with Crippen LogP contribution in [0.4, 0.5) is 5.69 Å². The van der Waals surface area contributed by atoms with Crippen molar-refractivity contribution in [3.05, 3.63) is 55.6 Å². The first-order valence-corrected chi connectivity index (χ1v) is 6.39. The summed E-state index contributed by atoms with van der Waals surface area (Å²) in [5, 5.41) is 11.3. The van der Waals surface area contributed by atoms with Gasteiger partial charge in [-0.05, 0) is 35.0 Å². The highest BCUT2D eigenvalue weighted by molar-refractivity contribution is 9.10. The third-order valence-corrected chi connectivity index (χ3v) is 3.21. The molecular weight excluding hydrogens is 336 g/mol. The highest BCUT2D eigenvalue weighted by atomic mass is 79.9. The average molecular weight is 344 g/mol. The van der Waals surface area contributed by atoms with Crippen LogP contribution in [0, 0.1) is 17.0 Å². The van der Waals surface area contributed by atoms with E-state index in [1.165, 1.54) is 12.3 Å². The molecule has 0 unspecified atom stereocenters. The number of ether oxygens (including phenoxy) is 1. The maximum atomic E-state index is 10.8. The van der Waals surface area contributed by atoms with Crippen molar-refractivity contribution in [3.8, 4) is 11.6 Å². The number of nitrogens with zero attached hydrogens (tertiary/aromatic N) is 2. The first kappa shape index (κ1) is 13.8. The SMILES string of the molecule is Cc1c(Oc2ncc(Cl)cc2Br)cccc1[N+](=O)[O-].